The van der Waals surface area contributed by atoms with E-state index in [1.807, 2.05) is 6.92 Å². The van der Waals surface area contributed by atoms with Crippen molar-refractivity contribution in [1.82, 2.24) is 20.7 Å². The van der Waals surface area contributed by atoms with E-state index in [4.69, 9.17) is 4.74 Å². The number of nitrogens with one attached hydrogen (secondary N) is 3. The van der Waals surface area contributed by atoms with Crippen molar-refractivity contribution in [1.29, 1.82) is 0 Å². The number of aromatic nitrogens is 2. The van der Waals surface area contributed by atoms with Crippen molar-refractivity contribution in [2.75, 3.05) is 12.4 Å². The molecule has 0 unspecified atom stereocenters. The molecule has 0 aliphatic rings. The van der Waals surface area contributed by atoms with E-state index < -0.39 is 11.8 Å². The number of carbonyl (C=O) groups excluding carboxylic acids is 2. The predicted molar refractivity (Wildman–Crippen MR) is 121 cm³/mol. The SMILES string of the molecule is COc1ccc(/C=N/NC(=O)/C(=C\Nc2nccc(C)n2)NC(=O)c2ccccc2)cc1. The minimum absolute atomic E-state index is 0.0594. The maximum Gasteiger partial charge on any atom is 0.289 e. The zero-order valence-electron chi connectivity index (χ0n) is 17.6. The van der Waals surface area contributed by atoms with Gasteiger partial charge in [0.05, 0.1) is 13.3 Å². The van der Waals surface area contributed by atoms with Gasteiger partial charge in [-0.3, -0.25) is 9.59 Å². The Hall–Kier alpha value is -4.53. The highest BCUT2D eigenvalue weighted by molar-refractivity contribution is 6.03. The fourth-order valence-corrected chi connectivity index (χ4v) is 2.51. The summed E-state index contributed by atoms with van der Waals surface area (Å²) in [6.07, 6.45) is 4.37. The highest BCUT2D eigenvalue weighted by Crippen LogP contribution is 2.09. The quantitative estimate of drug-likeness (QED) is 0.287. The number of anilines is 1. The van der Waals surface area contributed by atoms with Gasteiger partial charge in [0.2, 0.25) is 5.95 Å². The van der Waals surface area contributed by atoms with Crippen molar-refractivity contribution in [2.24, 2.45) is 5.10 Å². The second kappa shape index (κ2) is 11.0. The van der Waals surface area contributed by atoms with Crippen molar-refractivity contribution < 1.29 is 14.3 Å². The summed E-state index contributed by atoms with van der Waals surface area (Å²) in [7, 11) is 1.58. The van der Waals surface area contributed by atoms with Gasteiger partial charge in [-0.05, 0) is 55.0 Å². The van der Waals surface area contributed by atoms with Gasteiger partial charge in [-0.15, -0.1) is 0 Å². The van der Waals surface area contributed by atoms with Crippen LogP contribution in [0.15, 0.2) is 83.9 Å². The number of hydrogen-bond donors (Lipinski definition) is 3. The van der Waals surface area contributed by atoms with Crippen LogP contribution >= 0.6 is 0 Å². The summed E-state index contributed by atoms with van der Waals surface area (Å²) in [5.41, 5.74) is 4.25. The zero-order chi connectivity index (χ0) is 22.8. The molecule has 3 N–H and O–H groups in total. The number of methoxy groups -OCH3 is 1. The number of carbonyl (C=O) groups is 2. The third-order valence-electron chi connectivity index (χ3n) is 4.16. The minimum atomic E-state index is -0.626. The van der Waals surface area contributed by atoms with Crippen LogP contribution in [0.1, 0.15) is 21.6 Å². The zero-order valence-corrected chi connectivity index (χ0v) is 17.6. The Morgan fingerprint density at radius 3 is 2.47 bits per heavy atom. The molecule has 0 saturated heterocycles. The predicted octanol–water partition coefficient (Wildman–Crippen LogP) is 2.63. The van der Waals surface area contributed by atoms with Crippen LogP contribution in [-0.4, -0.2) is 35.1 Å². The van der Waals surface area contributed by atoms with Crippen molar-refractivity contribution in [3.05, 3.63) is 95.6 Å². The van der Waals surface area contributed by atoms with Crippen molar-refractivity contribution in [3.8, 4) is 5.75 Å². The Labute approximate surface area is 185 Å². The van der Waals surface area contributed by atoms with E-state index in [-0.39, 0.29) is 11.6 Å². The highest BCUT2D eigenvalue weighted by atomic mass is 16.5. The third-order valence-corrected chi connectivity index (χ3v) is 4.16. The first-order valence-corrected chi connectivity index (χ1v) is 9.65. The number of ether oxygens (including phenoxy) is 1. The molecule has 0 aliphatic carbocycles. The summed E-state index contributed by atoms with van der Waals surface area (Å²) in [6, 6.07) is 17.4. The normalized spacial score (nSPS) is 11.1. The van der Waals surface area contributed by atoms with E-state index in [9.17, 15) is 9.59 Å². The van der Waals surface area contributed by atoms with E-state index in [1.54, 1.807) is 74.0 Å². The molecular weight excluding hydrogens is 408 g/mol. The largest absolute Gasteiger partial charge is 0.497 e. The van der Waals surface area contributed by atoms with E-state index >= 15 is 0 Å². The van der Waals surface area contributed by atoms with Gasteiger partial charge in [0.25, 0.3) is 11.8 Å². The summed E-state index contributed by atoms with van der Waals surface area (Å²) in [6.45, 7) is 1.81. The molecule has 3 aromatic rings. The molecule has 1 aromatic heterocycles. The Balaban J connectivity index is 1.73. The van der Waals surface area contributed by atoms with Crippen LogP contribution in [0.25, 0.3) is 0 Å². The number of rotatable bonds is 8. The molecule has 0 fully saturated rings. The number of benzene rings is 2. The molecule has 1 heterocycles. The smallest absolute Gasteiger partial charge is 0.289 e. The van der Waals surface area contributed by atoms with E-state index in [0.717, 1.165) is 11.3 Å². The second-order valence-electron chi connectivity index (χ2n) is 6.52. The lowest BCUT2D eigenvalue weighted by Gasteiger charge is -2.09. The summed E-state index contributed by atoms with van der Waals surface area (Å²) in [5, 5.41) is 9.35. The maximum absolute atomic E-state index is 12.7. The van der Waals surface area contributed by atoms with E-state index in [2.05, 4.69) is 31.1 Å². The number of hydrogen-bond acceptors (Lipinski definition) is 7. The van der Waals surface area contributed by atoms with Crippen LogP contribution in [0.4, 0.5) is 5.95 Å². The molecule has 0 radical (unpaired) electrons. The van der Waals surface area contributed by atoms with Gasteiger partial charge in [-0.1, -0.05) is 18.2 Å². The third kappa shape index (κ3) is 6.49. The van der Waals surface area contributed by atoms with Gasteiger partial charge in [0, 0.05) is 23.7 Å². The molecule has 9 heteroatoms. The van der Waals surface area contributed by atoms with Crippen molar-refractivity contribution in [2.45, 2.75) is 6.92 Å². The van der Waals surface area contributed by atoms with Crippen molar-refractivity contribution >= 4 is 24.0 Å². The Bertz CT molecular complexity index is 1130. The molecule has 2 aromatic carbocycles. The van der Waals surface area contributed by atoms with Crippen LogP contribution in [-0.2, 0) is 4.79 Å². The first kappa shape index (κ1) is 22.2. The Morgan fingerprint density at radius 2 is 1.78 bits per heavy atom. The molecule has 0 aliphatic heterocycles. The first-order valence-electron chi connectivity index (χ1n) is 9.65. The molecule has 0 spiro atoms. The summed E-state index contributed by atoms with van der Waals surface area (Å²) in [4.78, 5) is 33.5. The lowest BCUT2D eigenvalue weighted by molar-refractivity contribution is -0.117. The van der Waals surface area contributed by atoms with Gasteiger partial charge in [-0.25, -0.2) is 15.4 Å². The average molecular weight is 430 g/mol. The van der Waals surface area contributed by atoms with Gasteiger partial charge >= 0.3 is 0 Å². The minimum Gasteiger partial charge on any atom is -0.497 e. The van der Waals surface area contributed by atoms with Gasteiger partial charge in [0.1, 0.15) is 11.4 Å². The van der Waals surface area contributed by atoms with Crippen LogP contribution in [0.5, 0.6) is 5.75 Å². The molecular formula is C23H22N6O3. The second-order valence-corrected chi connectivity index (χ2v) is 6.52. The molecule has 0 saturated carbocycles. The topological polar surface area (TPSA) is 118 Å². The lowest BCUT2D eigenvalue weighted by atomic mass is 10.2. The van der Waals surface area contributed by atoms with E-state index in [1.165, 1.54) is 12.4 Å². The summed E-state index contributed by atoms with van der Waals surface area (Å²) in [5.74, 6) is -0.0762. The highest BCUT2D eigenvalue weighted by Gasteiger charge is 2.14. The first-order chi connectivity index (χ1) is 15.5. The average Bonchev–Trinajstić information content (AvgIpc) is 2.82. The van der Waals surface area contributed by atoms with Gasteiger partial charge < -0.3 is 15.4 Å². The molecule has 2 amide bonds. The molecule has 0 atom stereocenters. The van der Waals surface area contributed by atoms with Gasteiger partial charge in [-0.2, -0.15) is 5.10 Å². The van der Waals surface area contributed by atoms with E-state index in [0.29, 0.717) is 11.3 Å². The van der Waals surface area contributed by atoms with Crippen molar-refractivity contribution in [3.63, 3.8) is 0 Å². The number of nitrogens with zero attached hydrogens (tertiary/aromatic N) is 3. The molecule has 3 rings (SSSR count). The maximum atomic E-state index is 12.7. The standard InChI is InChI=1S/C23H22N6O3/c1-16-12-13-24-23(27-16)25-15-20(28-21(30)18-6-4-3-5-7-18)22(31)29-26-14-17-8-10-19(32-2)11-9-17/h3-15H,1-2H3,(H,28,30)(H,29,31)(H,24,25,27)/b20-15+,26-14+. The Morgan fingerprint density at radius 1 is 1.03 bits per heavy atom. The monoisotopic (exact) mass is 430 g/mol. The van der Waals surface area contributed by atoms with Crippen LogP contribution < -0.4 is 20.8 Å². The fraction of sp³-hybridized carbons (Fsp3) is 0.0870. The van der Waals surface area contributed by atoms with Gasteiger partial charge in [0.15, 0.2) is 0 Å². The van der Waals surface area contributed by atoms with Crippen LogP contribution in [0.2, 0.25) is 0 Å². The molecule has 9 nitrogen and oxygen atoms in total. The number of aryl methyl sites for hydroxylation is 1. The molecule has 32 heavy (non-hydrogen) atoms. The summed E-state index contributed by atoms with van der Waals surface area (Å²) < 4.78 is 5.11. The Kier molecular flexibility index (Phi) is 7.63. The summed E-state index contributed by atoms with van der Waals surface area (Å²) >= 11 is 0. The van der Waals surface area contributed by atoms with Crippen LogP contribution in [0.3, 0.4) is 0 Å². The molecule has 162 valence electrons. The fourth-order valence-electron chi connectivity index (χ4n) is 2.51. The van der Waals surface area contributed by atoms with Crippen LogP contribution in [0, 0.1) is 6.92 Å². The number of hydrazone groups is 1. The lowest BCUT2D eigenvalue weighted by Crippen LogP contribution is -2.33. The molecule has 0 bridgehead atoms. The number of amides is 2.